The maximum atomic E-state index is 3.65. The molecule has 1 unspecified atom stereocenters. The Hall–Kier alpha value is -0.380. The van der Waals surface area contributed by atoms with Gasteiger partial charge in [-0.2, -0.15) is 0 Å². The van der Waals surface area contributed by atoms with Gasteiger partial charge in [0.15, 0.2) is 0 Å². The van der Waals surface area contributed by atoms with E-state index in [1.165, 1.54) is 37.9 Å². The molecule has 1 heterocycles. The van der Waals surface area contributed by atoms with E-state index in [1.54, 1.807) is 0 Å². The Balaban J connectivity index is 1.73. The first-order chi connectivity index (χ1) is 9.58. The van der Waals surface area contributed by atoms with Crippen molar-refractivity contribution in [1.29, 1.82) is 0 Å². The molecule has 1 atom stereocenters. The number of halogens is 1. The van der Waals surface area contributed by atoms with Crippen LogP contribution in [0.1, 0.15) is 38.7 Å². The molecule has 0 saturated carbocycles. The van der Waals surface area contributed by atoms with Gasteiger partial charge in [-0.1, -0.05) is 41.9 Å². The van der Waals surface area contributed by atoms with E-state index < -0.39 is 0 Å². The lowest BCUT2D eigenvalue weighted by Crippen LogP contribution is -2.36. The summed E-state index contributed by atoms with van der Waals surface area (Å²) >= 11 is 3.50. The van der Waals surface area contributed by atoms with E-state index in [1.807, 2.05) is 0 Å². The first-order valence-electron chi connectivity index (χ1n) is 7.75. The number of hydrogen-bond donors (Lipinski definition) is 2. The van der Waals surface area contributed by atoms with Crippen LogP contribution in [0, 0.1) is 5.92 Å². The van der Waals surface area contributed by atoms with Gasteiger partial charge in [0.25, 0.3) is 0 Å². The van der Waals surface area contributed by atoms with E-state index in [2.05, 4.69) is 64.7 Å². The van der Waals surface area contributed by atoms with Gasteiger partial charge >= 0.3 is 0 Å². The summed E-state index contributed by atoms with van der Waals surface area (Å²) in [6.45, 7) is 9.20. The highest BCUT2D eigenvalue weighted by Gasteiger charge is 2.20. The van der Waals surface area contributed by atoms with Crippen LogP contribution in [0.15, 0.2) is 28.7 Å². The van der Waals surface area contributed by atoms with Crippen LogP contribution in [-0.4, -0.2) is 26.2 Å². The van der Waals surface area contributed by atoms with Gasteiger partial charge in [-0.15, -0.1) is 0 Å². The Morgan fingerprint density at radius 3 is 2.70 bits per heavy atom. The van der Waals surface area contributed by atoms with E-state index in [4.69, 9.17) is 0 Å². The molecule has 2 nitrogen and oxygen atoms in total. The molecular formula is C17H27BrN2. The maximum absolute atomic E-state index is 3.65. The molecule has 0 aromatic heterocycles. The summed E-state index contributed by atoms with van der Waals surface area (Å²) in [6.07, 6.45) is 4.03. The minimum absolute atomic E-state index is 0.186. The first kappa shape index (κ1) is 16.0. The highest BCUT2D eigenvalue weighted by atomic mass is 79.9. The van der Waals surface area contributed by atoms with Crippen molar-refractivity contribution < 1.29 is 0 Å². The molecule has 1 aliphatic heterocycles. The van der Waals surface area contributed by atoms with Crippen molar-refractivity contribution in [3.63, 3.8) is 0 Å². The van der Waals surface area contributed by atoms with Crippen LogP contribution in [0.3, 0.4) is 0 Å². The molecule has 0 spiro atoms. The van der Waals surface area contributed by atoms with Crippen LogP contribution >= 0.6 is 15.9 Å². The Morgan fingerprint density at radius 2 is 2.05 bits per heavy atom. The SMILES string of the molecule is CC(C)(CNCCC1CCCNC1)c1ccc(Br)cc1. The second-order valence-electron chi connectivity index (χ2n) is 6.57. The van der Waals surface area contributed by atoms with E-state index in [-0.39, 0.29) is 5.41 Å². The third-order valence-corrected chi connectivity index (χ3v) is 4.85. The standard InChI is InChI=1S/C17H27BrN2/c1-17(2,15-5-7-16(18)8-6-15)13-20-11-9-14-4-3-10-19-12-14/h5-8,14,19-20H,3-4,9-13H2,1-2H3. The number of nitrogens with one attached hydrogen (secondary N) is 2. The van der Waals surface area contributed by atoms with Crippen molar-refractivity contribution in [2.45, 2.75) is 38.5 Å². The quantitative estimate of drug-likeness (QED) is 0.772. The van der Waals surface area contributed by atoms with Gasteiger partial charge in [0.05, 0.1) is 0 Å². The third kappa shape index (κ3) is 4.87. The normalized spacial score (nSPS) is 20.1. The lowest BCUT2D eigenvalue weighted by Gasteiger charge is -2.27. The molecule has 0 aliphatic carbocycles. The fourth-order valence-electron chi connectivity index (χ4n) is 2.88. The second-order valence-corrected chi connectivity index (χ2v) is 7.48. The molecule has 1 aromatic rings. The van der Waals surface area contributed by atoms with E-state index in [0.29, 0.717) is 0 Å². The average molecular weight is 339 g/mol. The average Bonchev–Trinajstić information content (AvgIpc) is 2.45. The lowest BCUT2D eigenvalue weighted by atomic mass is 9.84. The number of rotatable bonds is 6. The molecule has 1 saturated heterocycles. The summed E-state index contributed by atoms with van der Waals surface area (Å²) in [5.41, 5.74) is 1.58. The highest BCUT2D eigenvalue weighted by Crippen LogP contribution is 2.24. The van der Waals surface area contributed by atoms with Crippen molar-refractivity contribution in [2.24, 2.45) is 5.92 Å². The maximum Gasteiger partial charge on any atom is 0.0175 e. The third-order valence-electron chi connectivity index (χ3n) is 4.32. The number of hydrogen-bond acceptors (Lipinski definition) is 2. The Morgan fingerprint density at radius 1 is 1.30 bits per heavy atom. The van der Waals surface area contributed by atoms with E-state index in [0.717, 1.165) is 23.5 Å². The molecule has 0 bridgehead atoms. The zero-order valence-electron chi connectivity index (χ0n) is 12.7. The van der Waals surface area contributed by atoms with Gasteiger partial charge in [0.1, 0.15) is 0 Å². The van der Waals surface area contributed by atoms with Gasteiger partial charge < -0.3 is 10.6 Å². The zero-order chi connectivity index (χ0) is 14.4. The molecule has 20 heavy (non-hydrogen) atoms. The van der Waals surface area contributed by atoms with Crippen LogP contribution in [0.2, 0.25) is 0 Å². The monoisotopic (exact) mass is 338 g/mol. The molecule has 3 heteroatoms. The summed E-state index contributed by atoms with van der Waals surface area (Å²) in [5, 5.41) is 7.14. The summed E-state index contributed by atoms with van der Waals surface area (Å²) in [4.78, 5) is 0. The fraction of sp³-hybridized carbons (Fsp3) is 0.647. The number of piperidine rings is 1. The van der Waals surface area contributed by atoms with Gasteiger partial charge in [0.2, 0.25) is 0 Å². The van der Waals surface area contributed by atoms with Gasteiger partial charge in [-0.3, -0.25) is 0 Å². The topological polar surface area (TPSA) is 24.1 Å². The molecule has 0 radical (unpaired) electrons. The van der Waals surface area contributed by atoms with Crippen LogP contribution in [-0.2, 0) is 5.41 Å². The minimum Gasteiger partial charge on any atom is -0.316 e. The molecule has 2 N–H and O–H groups in total. The minimum atomic E-state index is 0.186. The fourth-order valence-corrected chi connectivity index (χ4v) is 3.14. The predicted molar refractivity (Wildman–Crippen MR) is 90.2 cm³/mol. The Bertz CT molecular complexity index is 394. The van der Waals surface area contributed by atoms with Crippen LogP contribution in [0.5, 0.6) is 0 Å². The largest absolute Gasteiger partial charge is 0.316 e. The number of benzene rings is 1. The second kappa shape index (κ2) is 7.58. The predicted octanol–water partition coefficient (Wildman–Crippen LogP) is 3.71. The summed E-state index contributed by atoms with van der Waals surface area (Å²) in [7, 11) is 0. The summed E-state index contributed by atoms with van der Waals surface area (Å²) in [6, 6.07) is 8.70. The zero-order valence-corrected chi connectivity index (χ0v) is 14.3. The molecular weight excluding hydrogens is 312 g/mol. The Labute approximate surface area is 131 Å². The molecule has 2 rings (SSSR count). The van der Waals surface area contributed by atoms with Crippen molar-refractivity contribution in [1.82, 2.24) is 10.6 Å². The summed E-state index contributed by atoms with van der Waals surface area (Å²) < 4.78 is 1.15. The van der Waals surface area contributed by atoms with Crippen molar-refractivity contribution in [3.05, 3.63) is 34.3 Å². The molecule has 112 valence electrons. The lowest BCUT2D eigenvalue weighted by molar-refractivity contribution is 0.345. The van der Waals surface area contributed by atoms with Gasteiger partial charge in [0, 0.05) is 16.4 Å². The molecule has 1 fully saturated rings. The van der Waals surface area contributed by atoms with Gasteiger partial charge in [-0.05, 0) is 62.5 Å². The smallest absolute Gasteiger partial charge is 0.0175 e. The molecule has 0 amide bonds. The first-order valence-corrected chi connectivity index (χ1v) is 8.55. The van der Waals surface area contributed by atoms with Gasteiger partial charge in [-0.25, -0.2) is 0 Å². The van der Waals surface area contributed by atoms with Crippen molar-refractivity contribution in [3.8, 4) is 0 Å². The molecule has 1 aliphatic rings. The van der Waals surface area contributed by atoms with Crippen LogP contribution < -0.4 is 10.6 Å². The van der Waals surface area contributed by atoms with Crippen LogP contribution in [0.25, 0.3) is 0 Å². The van der Waals surface area contributed by atoms with Crippen molar-refractivity contribution >= 4 is 15.9 Å². The van der Waals surface area contributed by atoms with E-state index >= 15 is 0 Å². The van der Waals surface area contributed by atoms with Crippen LogP contribution in [0.4, 0.5) is 0 Å². The van der Waals surface area contributed by atoms with E-state index in [9.17, 15) is 0 Å². The summed E-state index contributed by atoms with van der Waals surface area (Å²) in [5.74, 6) is 0.868. The Kier molecular flexibility index (Phi) is 6.06. The highest BCUT2D eigenvalue weighted by molar-refractivity contribution is 9.10. The molecule has 1 aromatic carbocycles. The van der Waals surface area contributed by atoms with Crippen molar-refractivity contribution in [2.75, 3.05) is 26.2 Å².